The van der Waals surface area contributed by atoms with Crippen LogP contribution in [0.4, 0.5) is 0 Å². The molecule has 1 rings (SSSR count). The first-order valence-electron chi connectivity index (χ1n) is 1.54. The highest BCUT2D eigenvalue weighted by atomic mass is 16.9. The first-order chi connectivity index (χ1) is 2.89. The van der Waals surface area contributed by atoms with E-state index in [1.165, 1.54) is 6.21 Å². The lowest BCUT2D eigenvalue weighted by atomic mass is 10.8. The lowest BCUT2D eigenvalue weighted by molar-refractivity contribution is -0.321. The first kappa shape index (κ1) is 3.58. The van der Waals surface area contributed by atoms with Crippen molar-refractivity contribution in [1.29, 1.82) is 0 Å². The molecule has 0 saturated heterocycles. The van der Waals surface area contributed by atoms with E-state index in [1.54, 1.807) is 0 Å². The van der Waals surface area contributed by atoms with Crippen LogP contribution in [0.3, 0.4) is 0 Å². The van der Waals surface area contributed by atoms with Gasteiger partial charge in [-0.05, 0) is 5.34 Å². The van der Waals surface area contributed by atoms with Gasteiger partial charge >= 0.3 is 0 Å². The van der Waals surface area contributed by atoms with Crippen molar-refractivity contribution >= 4 is 6.21 Å². The summed E-state index contributed by atoms with van der Waals surface area (Å²) in [7, 11) is 0. The Labute approximate surface area is 34.5 Å². The average molecular weight is 88.1 g/mol. The molecule has 0 aliphatic carbocycles. The predicted octanol–water partition coefficient (Wildman–Crippen LogP) is -0.391. The van der Waals surface area contributed by atoms with Crippen molar-refractivity contribution in [2.75, 3.05) is 6.61 Å². The molecule has 0 bridgehead atoms. The van der Waals surface area contributed by atoms with Crippen LogP contribution in [0.15, 0.2) is 5.10 Å². The summed E-state index contributed by atoms with van der Waals surface area (Å²) >= 11 is 0. The van der Waals surface area contributed by atoms with Gasteiger partial charge in [0.15, 0.2) is 0 Å². The largest absolute Gasteiger partial charge is 0.247 e. The molecule has 0 aromatic rings. The van der Waals surface area contributed by atoms with Crippen molar-refractivity contribution in [3.8, 4) is 0 Å². The van der Waals surface area contributed by atoms with Crippen LogP contribution in [0.5, 0.6) is 0 Å². The second-order valence-corrected chi connectivity index (χ2v) is 0.847. The molecule has 4 nitrogen and oxygen atoms in total. The standard InChI is InChI=1S/C2H4N2O2/c5-4-3-1-2-6-4/h1,5H,2H2. The minimum atomic E-state index is 0.372. The third kappa shape index (κ3) is 0.474. The molecule has 1 N–H and O–H groups in total. The molecule has 34 valence electrons. The van der Waals surface area contributed by atoms with Gasteiger partial charge in [-0.1, -0.05) is 0 Å². The van der Waals surface area contributed by atoms with Gasteiger partial charge in [-0.2, -0.15) is 0 Å². The quantitative estimate of drug-likeness (QED) is 0.438. The molecule has 0 radical (unpaired) electrons. The van der Waals surface area contributed by atoms with Gasteiger partial charge in [0.1, 0.15) is 6.61 Å². The number of hydrogen-bond acceptors (Lipinski definition) is 4. The highest BCUT2D eigenvalue weighted by Crippen LogP contribution is 1.88. The zero-order valence-corrected chi connectivity index (χ0v) is 3.03. The Bertz CT molecular complexity index is 71.9. The predicted molar refractivity (Wildman–Crippen MR) is 18.1 cm³/mol. The molecule has 0 saturated carbocycles. The third-order valence-corrected chi connectivity index (χ3v) is 0.445. The minimum Gasteiger partial charge on any atom is -0.247 e. The Hall–Kier alpha value is -0.610. The summed E-state index contributed by atoms with van der Waals surface area (Å²) in [5.74, 6) is 0. The Morgan fingerprint density at radius 3 is 3.00 bits per heavy atom. The summed E-state index contributed by atoms with van der Waals surface area (Å²) < 4.78 is 0. The fraction of sp³-hybridized carbons (Fsp3) is 0.500. The fourth-order valence-electron chi connectivity index (χ4n) is 0.237. The van der Waals surface area contributed by atoms with E-state index in [2.05, 4.69) is 9.94 Å². The van der Waals surface area contributed by atoms with Crippen LogP contribution in [0, 0.1) is 0 Å². The Morgan fingerprint density at radius 2 is 2.83 bits per heavy atom. The van der Waals surface area contributed by atoms with Gasteiger partial charge in [0.05, 0.1) is 6.21 Å². The van der Waals surface area contributed by atoms with E-state index in [0.29, 0.717) is 11.9 Å². The SMILES string of the molecule is ON1N=CCO1. The molecule has 1 heterocycles. The molecule has 1 aliphatic rings. The molecule has 4 heteroatoms. The van der Waals surface area contributed by atoms with Gasteiger partial charge in [-0.25, -0.2) is 10.0 Å². The van der Waals surface area contributed by atoms with E-state index in [1.807, 2.05) is 0 Å². The fourth-order valence-corrected chi connectivity index (χ4v) is 0.237. The maximum Gasteiger partial charge on any atom is 0.116 e. The Kier molecular flexibility index (Phi) is 0.736. The molecule has 0 aromatic heterocycles. The summed E-state index contributed by atoms with van der Waals surface area (Å²) in [6.07, 6.45) is 1.46. The van der Waals surface area contributed by atoms with Gasteiger partial charge in [0.2, 0.25) is 0 Å². The number of nitrogens with zero attached hydrogens (tertiary/aromatic N) is 2. The van der Waals surface area contributed by atoms with E-state index in [9.17, 15) is 0 Å². The highest BCUT2D eigenvalue weighted by Gasteiger charge is 1.97. The number of rotatable bonds is 0. The molecule has 1 aliphatic heterocycles. The van der Waals surface area contributed by atoms with Crippen LogP contribution in [0.1, 0.15) is 0 Å². The lowest BCUT2D eigenvalue weighted by Gasteiger charge is -1.96. The summed E-state index contributed by atoms with van der Waals surface area (Å²) in [6.45, 7) is 0.372. The number of hydrogen-bond donors (Lipinski definition) is 1. The molecule has 0 amide bonds. The minimum absolute atomic E-state index is 0.372. The molecular weight excluding hydrogens is 84.0 g/mol. The maximum absolute atomic E-state index is 8.14. The molecule has 0 fully saturated rings. The van der Waals surface area contributed by atoms with Crippen LogP contribution < -0.4 is 0 Å². The Balaban J connectivity index is 2.38. The molecule has 0 unspecified atom stereocenters. The van der Waals surface area contributed by atoms with Crippen LogP contribution in [0.2, 0.25) is 0 Å². The molecule has 0 aromatic carbocycles. The van der Waals surface area contributed by atoms with Crippen LogP contribution >= 0.6 is 0 Å². The lowest BCUT2D eigenvalue weighted by Crippen LogP contribution is -2.04. The molecule has 0 spiro atoms. The van der Waals surface area contributed by atoms with Crippen molar-refractivity contribution < 1.29 is 10.0 Å². The third-order valence-electron chi connectivity index (χ3n) is 0.445. The molecule has 0 atom stereocenters. The van der Waals surface area contributed by atoms with E-state index < -0.39 is 0 Å². The van der Waals surface area contributed by atoms with Crippen molar-refractivity contribution in [2.45, 2.75) is 0 Å². The zero-order chi connectivity index (χ0) is 4.41. The molecular formula is C2H4N2O2. The Morgan fingerprint density at radius 1 is 2.00 bits per heavy atom. The highest BCUT2D eigenvalue weighted by molar-refractivity contribution is 5.58. The van der Waals surface area contributed by atoms with Crippen LogP contribution in [-0.4, -0.2) is 23.4 Å². The van der Waals surface area contributed by atoms with Crippen molar-refractivity contribution in [2.24, 2.45) is 5.10 Å². The summed E-state index contributed by atoms with van der Waals surface area (Å²) in [5.41, 5.74) is 0. The summed E-state index contributed by atoms with van der Waals surface area (Å²) in [4.78, 5) is 4.32. The van der Waals surface area contributed by atoms with E-state index in [-0.39, 0.29) is 0 Å². The first-order valence-corrected chi connectivity index (χ1v) is 1.54. The van der Waals surface area contributed by atoms with E-state index in [0.717, 1.165) is 0 Å². The monoisotopic (exact) mass is 88.0 g/mol. The van der Waals surface area contributed by atoms with E-state index >= 15 is 0 Å². The van der Waals surface area contributed by atoms with Gasteiger partial charge in [0, 0.05) is 0 Å². The van der Waals surface area contributed by atoms with Crippen molar-refractivity contribution in [3.05, 3.63) is 0 Å². The second-order valence-electron chi connectivity index (χ2n) is 0.847. The topological polar surface area (TPSA) is 45.1 Å². The van der Waals surface area contributed by atoms with Gasteiger partial charge in [-0.15, -0.1) is 5.10 Å². The summed E-state index contributed by atoms with van der Waals surface area (Å²) in [6, 6.07) is 0. The van der Waals surface area contributed by atoms with E-state index in [4.69, 9.17) is 5.21 Å². The molecule has 6 heavy (non-hydrogen) atoms. The van der Waals surface area contributed by atoms with Crippen molar-refractivity contribution in [3.63, 3.8) is 0 Å². The smallest absolute Gasteiger partial charge is 0.116 e. The number of hydrazone groups is 1. The maximum atomic E-state index is 8.14. The second kappa shape index (κ2) is 1.24. The van der Waals surface area contributed by atoms with Gasteiger partial charge in [0.25, 0.3) is 0 Å². The van der Waals surface area contributed by atoms with Gasteiger partial charge < -0.3 is 0 Å². The van der Waals surface area contributed by atoms with Crippen LogP contribution in [0.25, 0.3) is 0 Å². The van der Waals surface area contributed by atoms with Gasteiger partial charge in [-0.3, -0.25) is 0 Å². The normalized spacial score (nSPS) is 19.8. The van der Waals surface area contributed by atoms with Crippen LogP contribution in [-0.2, 0) is 4.84 Å². The van der Waals surface area contributed by atoms with Crippen molar-refractivity contribution in [1.82, 2.24) is 5.34 Å². The summed E-state index contributed by atoms with van der Waals surface area (Å²) in [5, 5.41) is 11.9. The zero-order valence-electron chi connectivity index (χ0n) is 3.03. The average Bonchev–Trinajstić information content (AvgIpc) is 1.86.